The number of azide groups is 2. The number of carboxylic acids is 1. The molecule has 8 rings (SSSR count). The van der Waals surface area contributed by atoms with Crippen LogP contribution in [0, 0.1) is 13.8 Å². The first-order chi connectivity index (χ1) is 33.4. The number of rotatable bonds is 15. The van der Waals surface area contributed by atoms with Crippen LogP contribution in [0.15, 0.2) is 96.2 Å². The van der Waals surface area contributed by atoms with E-state index in [0.717, 1.165) is 61.2 Å². The average molecular weight is 1050 g/mol. The Hall–Kier alpha value is -6.66. The van der Waals surface area contributed by atoms with Crippen LogP contribution in [0.3, 0.4) is 0 Å². The maximum Gasteiger partial charge on any atom is 0.356 e. The number of carboxylic acid groups (broad SMARTS) is 1. The number of carbonyl (C=O) groups is 2. The van der Waals surface area contributed by atoms with Gasteiger partial charge in [0.1, 0.15) is 30.0 Å². The van der Waals surface area contributed by atoms with Gasteiger partial charge in [0.15, 0.2) is 5.69 Å². The lowest BCUT2D eigenvalue weighted by Crippen LogP contribution is -2.30. The Bertz CT molecular complexity index is 2780. The summed E-state index contributed by atoms with van der Waals surface area (Å²) in [6.45, 7) is 6.95. The van der Waals surface area contributed by atoms with Gasteiger partial charge in [0.25, 0.3) is 5.91 Å². The predicted octanol–water partition coefficient (Wildman–Crippen LogP) is 8.13. The highest BCUT2D eigenvalue weighted by Gasteiger charge is 2.21. The number of carbonyl (C=O) groups excluding carboxylic acids is 1. The molecule has 2 aliphatic rings. The Balaban J connectivity index is 0.000000254. The third kappa shape index (κ3) is 17.3. The molecule has 2 aromatic carbocycles. The van der Waals surface area contributed by atoms with E-state index in [2.05, 4.69) is 65.9 Å². The first-order valence-corrected chi connectivity index (χ1v) is 22.4. The molecule has 27 heteroatoms. The molecule has 376 valence electrons. The minimum absolute atomic E-state index is 0. The van der Waals surface area contributed by atoms with E-state index < -0.39 is 17.9 Å². The molecular formula is C44H54Cl2N18O5S2. The molecular weight excluding hydrogens is 996 g/mol. The van der Waals surface area contributed by atoms with Crippen molar-refractivity contribution in [3.8, 4) is 11.6 Å². The zero-order chi connectivity index (χ0) is 49.1. The fourth-order valence-corrected chi connectivity index (χ4v) is 7.35. The number of amides is 1. The molecule has 0 saturated carbocycles. The van der Waals surface area contributed by atoms with Crippen molar-refractivity contribution in [3.05, 3.63) is 151 Å². The number of benzene rings is 2. The van der Waals surface area contributed by atoms with E-state index in [0.29, 0.717) is 52.8 Å². The van der Waals surface area contributed by atoms with Crippen molar-refractivity contribution in [1.29, 1.82) is 0 Å². The molecule has 0 aliphatic carbocycles. The Morgan fingerprint density at radius 2 is 1.23 bits per heavy atom. The number of aromatic nitrogens is 8. The number of hydrogen-bond acceptors (Lipinski definition) is 15. The molecule has 0 radical (unpaired) electrons. The van der Waals surface area contributed by atoms with Gasteiger partial charge in [-0.1, -0.05) is 57.7 Å². The second-order valence-electron chi connectivity index (χ2n) is 15.7. The van der Waals surface area contributed by atoms with Crippen LogP contribution in [0.1, 0.15) is 81.0 Å². The summed E-state index contributed by atoms with van der Waals surface area (Å²) in [5.41, 5.74) is 26.0. The Labute approximate surface area is 432 Å². The summed E-state index contributed by atoms with van der Waals surface area (Å²) >= 11 is 11.8. The number of ether oxygens (including phenoxy) is 2. The van der Waals surface area contributed by atoms with Gasteiger partial charge in [-0.3, -0.25) is 13.9 Å². The number of anilines is 2. The van der Waals surface area contributed by atoms with Gasteiger partial charge < -0.3 is 36.3 Å². The van der Waals surface area contributed by atoms with Gasteiger partial charge in [-0.2, -0.15) is 37.0 Å². The molecule has 2 fully saturated rings. The van der Waals surface area contributed by atoms with Crippen molar-refractivity contribution < 1.29 is 24.2 Å². The molecule has 2 atom stereocenters. The molecule has 0 bridgehead atoms. The first kappa shape index (κ1) is 56.9. The van der Waals surface area contributed by atoms with Crippen LogP contribution in [0.2, 0.25) is 10.0 Å². The van der Waals surface area contributed by atoms with Crippen molar-refractivity contribution in [2.75, 3.05) is 50.2 Å². The highest BCUT2D eigenvalue weighted by Crippen LogP contribution is 2.22. The van der Waals surface area contributed by atoms with Gasteiger partial charge in [-0.25, -0.2) is 24.7 Å². The quantitative estimate of drug-likeness (QED) is 0.0368. The molecule has 6 N–H and O–H groups in total. The third-order valence-electron chi connectivity index (χ3n) is 10.6. The van der Waals surface area contributed by atoms with E-state index in [1.165, 1.54) is 18.9 Å². The predicted molar refractivity (Wildman–Crippen MR) is 278 cm³/mol. The second kappa shape index (κ2) is 28.9. The highest BCUT2D eigenvalue weighted by atomic mass is 35.5. The molecule has 4 aromatic heterocycles. The molecule has 0 spiro atoms. The van der Waals surface area contributed by atoms with Crippen LogP contribution in [-0.2, 0) is 9.47 Å². The lowest BCUT2D eigenvalue weighted by molar-refractivity contribution is 0.0690. The van der Waals surface area contributed by atoms with Crippen molar-refractivity contribution in [2.45, 2.75) is 63.7 Å². The van der Waals surface area contributed by atoms with Gasteiger partial charge in [-0.05, 0) is 86.0 Å². The van der Waals surface area contributed by atoms with Gasteiger partial charge in [0, 0.05) is 107 Å². The SMILES string of the molecule is Cc1cnc(NC2CCOCC2)nc1-n1cnc(C(=O)N[C@H](CN=[N+]=[N-])c2cccc(Cl)c2)c1.Cc1cnc(NC2CCOCC2)nc1-n1cnc(C(=O)O)c1.S.S.[N-]=[N+]=NC[C@@H](N)c1cccc(Cl)c1. The molecule has 1 amide bonds. The van der Waals surface area contributed by atoms with Gasteiger partial charge >= 0.3 is 5.97 Å². The maximum absolute atomic E-state index is 12.9. The van der Waals surface area contributed by atoms with Gasteiger partial charge in [-0.15, -0.1) is 0 Å². The Kier molecular flexibility index (Phi) is 23.1. The standard InChI is InChI=1S/C22H24ClN9O2.C14H17N5O3.C8H9ClN4.2H2S/c1-14-10-25-22(28-17-5-7-34-8-6-17)30-20(14)32-12-19(26-13-32)21(33)29-18(11-27-31-24)15-3-2-4-16(23)9-15;1-9-6-15-14(17-10-2-4-22-5-3-10)18-12(9)19-7-11(13(20)21)16-8-19;9-7-3-1-2-6(4-7)8(10)5-12-13-11;;/h2-4,9-10,12-13,17-18H,5-8,11H2,1H3,(H,29,33)(H,25,28,30);6-8,10H,2-5H2,1H3,(H,20,21)(H,15,17,18);1-4,8H,5,10H2;2*1H2/t18-;;8-;;/m1.1../s1. The smallest absolute Gasteiger partial charge is 0.356 e. The van der Waals surface area contributed by atoms with Crippen molar-refractivity contribution in [1.82, 2.24) is 44.4 Å². The summed E-state index contributed by atoms with van der Waals surface area (Å²) < 4.78 is 14.0. The van der Waals surface area contributed by atoms with Crippen LogP contribution in [0.4, 0.5) is 11.9 Å². The van der Waals surface area contributed by atoms with Crippen LogP contribution in [-0.4, -0.2) is 108 Å². The average Bonchev–Trinajstić information content (AvgIpc) is 4.07. The van der Waals surface area contributed by atoms with E-state index in [1.54, 1.807) is 64.1 Å². The van der Waals surface area contributed by atoms with E-state index >= 15 is 0 Å². The van der Waals surface area contributed by atoms with Crippen LogP contribution in [0.5, 0.6) is 0 Å². The Morgan fingerprint density at radius 3 is 1.70 bits per heavy atom. The minimum atomic E-state index is -1.06. The molecule has 6 aromatic rings. The summed E-state index contributed by atoms with van der Waals surface area (Å²) in [5, 5.41) is 26.6. The summed E-state index contributed by atoms with van der Waals surface area (Å²) in [6, 6.07) is 13.9. The fourth-order valence-electron chi connectivity index (χ4n) is 6.96. The van der Waals surface area contributed by atoms with Gasteiger partial charge in [0.2, 0.25) is 11.9 Å². The number of nitrogens with two attached hydrogens (primary N) is 1. The van der Waals surface area contributed by atoms with E-state index in [9.17, 15) is 9.59 Å². The Morgan fingerprint density at radius 1 is 0.761 bits per heavy atom. The van der Waals surface area contributed by atoms with Crippen LogP contribution in [0.25, 0.3) is 32.5 Å². The zero-order valence-electron chi connectivity index (χ0n) is 38.6. The largest absolute Gasteiger partial charge is 0.476 e. The number of halogens is 2. The molecule has 2 aliphatic heterocycles. The zero-order valence-corrected chi connectivity index (χ0v) is 42.1. The lowest BCUT2D eigenvalue weighted by Gasteiger charge is -2.23. The number of nitrogens with one attached hydrogen (secondary N) is 3. The molecule has 6 heterocycles. The van der Waals surface area contributed by atoms with Crippen LogP contribution < -0.4 is 21.7 Å². The summed E-state index contributed by atoms with van der Waals surface area (Å²) in [4.78, 5) is 55.2. The molecule has 0 unspecified atom stereocenters. The fraction of sp³-hybridized carbons (Fsp3) is 0.364. The lowest BCUT2D eigenvalue weighted by atomic mass is 10.1. The van der Waals surface area contributed by atoms with Gasteiger partial charge in [0.05, 0.1) is 12.6 Å². The number of hydrogen-bond donors (Lipinski definition) is 5. The minimum Gasteiger partial charge on any atom is -0.476 e. The summed E-state index contributed by atoms with van der Waals surface area (Å²) in [7, 11) is 0. The third-order valence-corrected chi connectivity index (χ3v) is 11.1. The van der Waals surface area contributed by atoms with Crippen molar-refractivity contribution >= 4 is 74.0 Å². The monoisotopic (exact) mass is 1050 g/mol. The highest BCUT2D eigenvalue weighted by molar-refractivity contribution is 7.59. The first-order valence-electron chi connectivity index (χ1n) is 21.7. The molecule has 71 heavy (non-hydrogen) atoms. The number of nitrogens with zero attached hydrogens (tertiary/aromatic N) is 14. The van der Waals surface area contributed by atoms with E-state index in [-0.39, 0.29) is 63.6 Å². The van der Waals surface area contributed by atoms with Crippen molar-refractivity contribution in [3.63, 3.8) is 0 Å². The second-order valence-corrected chi connectivity index (χ2v) is 16.5. The van der Waals surface area contributed by atoms with E-state index in [4.69, 9.17) is 54.6 Å². The van der Waals surface area contributed by atoms with E-state index in [1.807, 2.05) is 26.0 Å². The topological polar surface area (TPSA) is 320 Å². The number of aryl methyl sites for hydroxylation is 2. The van der Waals surface area contributed by atoms with Crippen molar-refractivity contribution in [2.24, 2.45) is 16.0 Å². The normalized spacial score (nSPS) is 14.1. The maximum atomic E-state index is 12.9. The molecule has 23 nitrogen and oxygen atoms in total. The number of imidazole rings is 2. The van der Waals surface area contributed by atoms with Crippen LogP contribution >= 0.6 is 50.2 Å². The summed E-state index contributed by atoms with van der Waals surface area (Å²) in [6.07, 6.45) is 13.1. The number of aromatic carboxylic acids is 1. The molecule has 2 saturated heterocycles. The summed E-state index contributed by atoms with van der Waals surface area (Å²) in [5.74, 6) is 0.803.